The summed E-state index contributed by atoms with van der Waals surface area (Å²) in [5.41, 5.74) is 0.794. The molecule has 0 amide bonds. The lowest BCUT2D eigenvalue weighted by atomic mass is 10.2. The zero-order chi connectivity index (χ0) is 15.1. The Hall–Kier alpha value is -1.82. The van der Waals surface area contributed by atoms with E-state index in [4.69, 9.17) is 9.15 Å². The summed E-state index contributed by atoms with van der Waals surface area (Å²) >= 11 is 1.46. The molecule has 0 atom stereocenters. The molecule has 0 aliphatic carbocycles. The van der Waals surface area contributed by atoms with Crippen LogP contribution in [0, 0.1) is 0 Å². The van der Waals surface area contributed by atoms with Gasteiger partial charge in [0.2, 0.25) is 0 Å². The van der Waals surface area contributed by atoms with E-state index in [0.29, 0.717) is 24.1 Å². The minimum Gasteiger partial charge on any atom is -0.493 e. The second-order valence-electron chi connectivity index (χ2n) is 4.46. The summed E-state index contributed by atoms with van der Waals surface area (Å²) in [5, 5.41) is 8.59. The SMILES string of the molecule is CCOc1ccccc1-c1nnc(SCCCC(C)=O)o1. The zero-order valence-electron chi connectivity index (χ0n) is 12.2. The van der Waals surface area contributed by atoms with Crippen LogP contribution in [0.5, 0.6) is 5.75 Å². The van der Waals surface area contributed by atoms with Gasteiger partial charge in [-0.3, -0.25) is 0 Å². The third kappa shape index (κ3) is 4.60. The highest BCUT2D eigenvalue weighted by Crippen LogP contribution is 2.30. The number of hydrogen-bond acceptors (Lipinski definition) is 6. The molecule has 0 N–H and O–H groups in total. The van der Waals surface area contributed by atoms with Crippen LogP contribution in [0.3, 0.4) is 0 Å². The van der Waals surface area contributed by atoms with Gasteiger partial charge in [-0.05, 0) is 32.4 Å². The van der Waals surface area contributed by atoms with Gasteiger partial charge in [0.15, 0.2) is 0 Å². The summed E-state index contributed by atoms with van der Waals surface area (Å²) in [6.07, 6.45) is 1.40. The van der Waals surface area contributed by atoms with Gasteiger partial charge in [0, 0.05) is 12.2 Å². The van der Waals surface area contributed by atoms with Crippen molar-refractivity contribution in [3.63, 3.8) is 0 Å². The molecule has 0 saturated heterocycles. The fourth-order valence-electron chi connectivity index (χ4n) is 1.78. The molecule has 0 aliphatic heterocycles. The first-order chi connectivity index (χ1) is 10.2. The molecule has 0 saturated carbocycles. The van der Waals surface area contributed by atoms with Crippen LogP contribution in [-0.4, -0.2) is 28.3 Å². The Morgan fingerprint density at radius 2 is 2.14 bits per heavy atom. The predicted octanol–water partition coefficient (Wildman–Crippen LogP) is 3.60. The van der Waals surface area contributed by atoms with E-state index in [9.17, 15) is 4.79 Å². The third-order valence-electron chi connectivity index (χ3n) is 2.72. The highest BCUT2D eigenvalue weighted by molar-refractivity contribution is 7.99. The molecule has 2 rings (SSSR count). The van der Waals surface area contributed by atoms with Gasteiger partial charge < -0.3 is 13.9 Å². The number of ketones is 1. The second-order valence-corrected chi connectivity index (χ2v) is 5.50. The summed E-state index contributed by atoms with van der Waals surface area (Å²) in [4.78, 5) is 10.9. The molecule has 0 radical (unpaired) electrons. The van der Waals surface area contributed by atoms with Gasteiger partial charge >= 0.3 is 0 Å². The number of ether oxygens (including phenoxy) is 1. The minimum atomic E-state index is 0.201. The van der Waals surface area contributed by atoms with Gasteiger partial charge in [-0.2, -0.15) is 0 Å². The van der Waals surface area contributed by atoms with Crippen molar-refractivity contribution in [1.29, 1.82) is 0 Å². The average Bonchev–Trinajstić information content (AvgIpc) is 2.93. The van der Waals surface area contributed by atoms with E-state index in [-0.39, 0.29) is 5.78 Å². The number of thioether (sulfide) groups is 1. The molecular weight excluding hydrogens is 288 g/mol. The van der Waals surface area contributed by atoms with E-state index in [0.717, 1.165) is 23.5 Å². The van der Waals surface area contributed by atoms with Crippen molar-refractivity contribution >= 4 is 17.5 Å². The first-order valence-electron chi connectivity index (χ1n) is 6.88. The molecule has 5 nitrogen and oxygen atoms in total. The van der Waals surface area contributed by atoms with E-state index in [2.05, 4.69) is 10.2 Å². The van der Waals surface area contributed by atoms with Crippen molar-refractivity contribution < 1.29 is 13.9 Å². The molecule has 2 aromatic rings. The van der Waals surface area contributed by atoms with Gasteiger partial charge in [-0.1, -0.05) is 23.9 Å². The van der Waals surface area contributed by atoms with Crippen molar-refractivity contribution in [3.8, 4) is 17.2 Å². The Balaban J connectivity index is 2.01. The Labute approximate surface area is 128 Å². The molecule has 1 aromatic heterocycles. The first-order valence-corrected chi connectivity index (χ1v) is 7.87. The lowest BCUT2D eigenvalue weighted by Gasteiger charge is -2.05. The van der Waals surface area contributed by atoms with Crippen LogP contribution in [0.25, 0.3) is 11.5 Å². The van der Waals surface area contributed by atoms with Gasteiger partial charge in [-0.15, -0.1) is 10.2 Å². The van der Waals surface area contributed by atoms with Crippen LogP contribution < -0.4 is 4.74 Å². The van der Waals surface area contributed by atoms with Gasteiger partial charge in [0.25, 0.3) is 11.1 Å². The summed E-state index contributed by atoms with van der Waals surface area (Å²) in [7, 11) is 0. The predicted molar refractivity (Wildman–Crippen MR) is 81.5 cm³/mol. The van der Waals surface area contributed by atoms with E-state index >= 15 is 0 Å². The number of carbonyl (C=O) groups excluding carboxylic acids is 1. The zero-order valence-corrected chi connectivity index (χ0v) is 13.0. The fourth-order valence-corrected chi connectivity index (χ4v) is 2.48. The normalized spacial score (nSPS) is 10.6. The molecule has 112 valence electrons. The third-order valence-corrected chi connectivity index (χ3v) is 3.63. The van der Waals surface area contributed by atoms with E-state index in [1.807, 2.05) is 31.2 Å². The maximum Gasteiger partial charge on any atom is 0.276 e. The Morgan fingerprint density at radius 3 is 2.90 bits per heavy atom. The Kier molecular flexibility index (Phi) is 5.80. The molecule has 21 heavy (non-hydrogen) atoms. The fraction of sp³-hybridized carbons (Fsp3) is 0.400. The van der Waals surface area contributed by atoms with Crippen molar-refractivity contribution in [3.05, 3.63) is 24.3 Å². The van der Waals surface area contributed by atoms with Crippen molar-refractivity contribution in [2.45, 2.75) is 31.9 Å². The monoisotopic (exact) mass is 306 g/mol. The molecule has 1 heterocycles. The highest BCUT2D eigenvalue weighted by atomic mass is 32.2. The molecule has 6 heteroatoms. The smallest absolute Gasteiger partial charge is 0.276 e. The number of Topliss-reactive ketones (excluding diaryl/α,β-unsaturated/α-hetero) is 1. The van der Waals surface area contributed by atoms with Crippen molar-refractivity contribution in [2.75, 3.05) is 12.4 Å². The number of rotatable bonds is 8. The molecule has 0 spiro atoms. The number of benzene rings is 1. The summed E-state index contributed by atoms with van der Waals surface area (Å²) in [6.45, 7) is 4.11. The second kappa shape index (κ2) is 7.83. The standard InChI is InChI=1S/C15H18N2O3S/c1-3-19-13-9-5-4-8-12(13)14-16-17-15(20-14)21-10-6-7-11(2)18/h4-5,8-9H,3,6-7,10H2,1-2H3. The molecule has 1 aromatic carbocycles. The van der Waals surface area contributed by atoms with Gasteiger partial charge in [0.1, 0.15) is 11.5 Å². The maximum absolute atomic E-state index is 10.9. The minimum absolute atomic E-state index is 0.201. The van der Waals surface area contributed by atoms with Crippen LogP contribution in [0.1, 0.15) is 26.7 Å². The molecule has 0 unspecified atom stereocenters. The topological polar surface area (TPSA) is 65.2 Å². The number of para-hydroxylation sites is 1. The van der Waals surface area contributed by atoms with Crippen LogP contribution in [0.2, 0.25) is 0 Å². The number of aromatic nitrogens is 2. The Bertz CT molecular complexity index is 598. The van der Waals surface area contributed by atoms with Crippen molar-refractivity contribution in [1.82, 2.24) is 10.2 Å². The van der Waals surface area contributed by atoms with Gasteiger partial charge in [-0.25, -0.2) is 0 Å². The lowest BCUT2D eigenvalue weighted by molar-refractivity contribution is -0.117. The molecule has 0 fully saturated rings. The largest absolute Gasteiger partial charge is 0.493 e. The van der Waals surface area contributed by atoms with Gasteiger partial charge in [0.05, 0.1) is 12.2 Å². The van der Waals surface area contributed by atoms with Crippen LogP contribution in [0.4, 0.5) is 0 Å². The molecule has 0 bridgehead atoms. The molecule has 0 aliphatic rings. The summed E-state index contributed by atoms with van der Waals surface area (Å²) < 4.78 is 11.2. The maximum atomic E-state index is 10.9. The summed E-state index contributed by atoms with van der Waals surface area (Å²) in [6, 6.07) is 7.58. The van der Waals surface area contributed by atoms with E-state index in [1.54, 1.807) is 6.92 Å². The molecular formula is C15H18N2O3S. The van der Waals surface area contributed by atoms with Crippen molar-refractivity contribution in [2.24, 2.45) is 0 Å². The average molecular weight is 306 g/mol. The Morgan fingerprint density at radius 1 is 1.33 bits per heavy atom. The van der Waals surface area contributed by atoms with E-state index < -0.39 is 0 Å². The van der Waals surface area contributed by atoms with Crippen LogP contribution >= 0.6 is 11.8 Å². The summed E-state index contributed by atoms with van der Waals surface area (Å²) in [5.74, 6) is 2.17. The lowest BCUT2D eigenvalue weighted by Crippen LogP contribution is -1.93. The first kappa shape index (κ1) is 15.6. The van der Waals surface area contributed by atoms with Crippen LogP contribution in [0.15, 0.2) is 33.9 Å². The van der Waals surface area contributed by atoms with Crippen LogP contribution in [-0.2, 0) is 4.79 Å². The quantitative estimate of drug-likeness (QED) is 0.548. The number of hydrogen-bond donors (Lipinski definition) is 0. The highest BCUT2D eigenvalue weighted by Gasteiger charge is 2.13. The number of carbonyl (C=O) groups is 1. The van der Waals surface area contributed by atoms with E-state index in [1.165, 1.54) is 11.8 Å². The number of nitrogens with zero attached hydrogens (tertiary/aromatic N) is 2.